The molecule has 0 fully saturated rings. The summed E-state index contributed by atoms with van der Waals surface area (Å²) in [4.78, 5) is 35.3. The number of hydrazone groups is 1. The lowest BCUT2D eigenvalue weighted by Gasteiger charge is -2.15. The predicted octanol–water partition coefficient (Wildman–Crippen LogP) is 1.27. The molecule has 0 amide bonds. The standard InChI is InChI=1S/C23H25N7O4/c1-3-15-6-4-8-18(10-15)34-14-17(31)13-30-19-20(29(2)23(33)27-21(19)32)26-22(30)28-25-12-16-7-5-9-24-11-16/h4-12,17,31H,3,13-14H2,1-2H3,(H,26,28)(H,27,32,33)/b25-12+. The van der Waals surface area contributed by atoms with E-state index in [1.54, 1.807) is 24.7 Å². The summed E-state index contributed by atoms with van der Waals surface area (Å²) in [5.74, 6) is 0.836. The Morgan fingerprint density at radius 2 is 2.15 bits per heavy atom. The van der Waals surface area contributed by atoms with Crippen molar-refractivity contribution in [3.8, 4) is 5.75 Å². The van der Waals surface area contributed by atoms with Gasteiger partial charge >= 0.3 is 5.69 Å². The molecule has 34 heavy (non-hydrogen) atoms. The fourth-order valence-corrected chi connectivity index (χ4v) is 3.43. The van der Waals surface area contributed by atoms with Gasteiger partial charge in [-0.05, 0) is 30.2 Å². The highest BCUT2D eigenvalue weighted by molar-refractivity contribution is 5.80. The highest BCUT2D eigenvalue weighted by atomic mass is 16.5. The van der Waals surface area contributed by atoms with Gasteiger partial charge in [0.1, 0.15) is 18.5 Å². The average molecular weight is 463 g/mol. The van der Waals surface area contributed by atoms with E-state index in [2.05, 4.69) is 25.5 Å². The van der Waals surface area contributed by atoms with Gasteiger partial charge in [0, 0.05) is 25.0 Å². The van der Waals surface area contributed by atoms with E-state index in [9.17, 15) is 14.7 Å². The Morgan fingerprint density at radius 1 is 1.29 bits per heavy atom. The molecule has 0 bridgehead atoms. The average Bonchev–Trinajstić information content (AvgIpc) is 3.20. The van der Waals surface area contributed by atoms with Crippen LogP contribution >= 0.6 is 0 Å². The molecule has 0 saturated heterocycles. The van der Waals surface area contributed by atoms with Gasteiger partial charge in [0.15, 0.2) is 11.2 Å². The molecule has 4 aromatic rings. The van der Waals surface area contributed by atoms with Crippen LogP contribution in [0.15, 0.2) is 63.5 Å². The third-order valence-electron chi connectivity index (χ3n) is 5.21. The maximum atomic E-state index is 12.6. The Bertz CT molecular complexity index is 1420. The van der Waals surface area contributed by atoms with E-state index in [0.717, 1.165) is 17.5 Å². The van der Waals surface area contributed by atoms with E-state index in [4.69, 9.17) is 4.74 Å². The summed E-state index contributed by atoms with van der Waals surface area (Å²) in [6, 6.07) is 11.2. The maximum Gasteiger partial charge on any atom is 0.329 e. The Labute approximate surface area is 194 Å². The van der Waals surface area contributed by atoms with Crippen molar-refractivity contribution < 1.29 is 9.84 Å². The van der Waals surface area contributed by atoms with Gasteiger partial charge in [-0.15, -0.1) is 0 Å². The first-order valence-electron chi connectivity index (χ1n) is 10.7. The lowest BCUT2D eigenvalue weighted by Crippen LogP contribution is -2.30. The van der Waals surface area contributed by atoms with Crippen molar-refractivity contribution in [1.29, 1.82) is 0 Å². The highest BCUT2D eigenvalue weighted by Crippen LogP contribution is 2.18. The number of aliphatic hydroxyl groups excluding tert-OH is 1. The first-order valence-corrected chi connectivity index (χ1v) is 10.7. The number of aromatic amines is 1. The van der Waals surface area contributed by atoms with Crippen LogP contribution in [-0.2, 0) is 20.0 Å². The second kappa shape index (κ2) is 10.1. The molecule has 1 unspecified atom stereocenters. The summed E-state index contributed by atoms with van der Waals surface area (Å²) < 4.78 is 8.44. The van der Waals surface area contributed by atoms with E-state index in [0.29, 0.717) is 5.75 Å². The van der Waals surface area contributed by atoms with Crippen LogP contribution in [0.25, 0.3) is 11.2 Å². The molecular formula is C23H25N7O4. The number of hydrogen-bond acceptors (Lipinski definition) is 8. The largest absolute Gasteiger partial charge is 0.491 e. The molecule has 0 radical (unpaired) electrons. The second-order valence-electron chi connectivity index (χ2n) is 7.66. The van der Waals surface area contributed by atoms with Crippen LogP contribution < -0.4 is 21.4 Å². The molecule has 176 valence electrons. The van der Waals surface area contributed by atoms with Gasteiger partial charge in [0.25, 0.3) is 5.56 Å². The molecule has 0 aliphatic carbocycles. The second-order valence-corrected chi connectivity index (χ2v) is 7.66. The van der Waals surface area contributed by atoms with Crippen molar-refractivity contribution in [2.75, 3.05) is 12.0 Å². The van der Waals surface area contributed by atoms with Crippen LogP contribution in [-0.4, -0.2) is 48.1 Å². The number of aryl methyl sites for hydroxylation is 2. The van der Waals surface area contributed by atoms with Crippen LogP contribution in [0.5, 0.6) is 5.75 Å². The quantitative estimate of drug-likeness (QED) is 0.251. The highest BCUT2D eigenvalue weighted by Gasteiger charge is 2.20. The van der Waals surface area contributed by atoms with E-state index < -0.39 is 17.4 Å². The number of imidazole rings is 1. The summed E-state index contributed by atoms with van der Waals surface area (Å²) in [6.07, 6.45) is 4.73. The zero-order valence-corrected chi connectivity index (χ0v) is 18.8. The molecule has 11 heteroatoms. The van der Waals surface area contributed by atoms with E-state index in [-0.39, 0.29) is 30.3 Å². The molecule has 1 aromatic carbocycles. The normalized spacial score (nSPS) is 12.3. The van der Waals surface area contributed by atoms with Crippen LogP contribution in [0.3, 0.4) is 0 Å². The summed E-state index contributed by atoms with van der Waals surface area (Å²) in [5, 5.41) is 14.8. The Kier molecular flexibility index (Phi) is 6.83. The number of nitrogens with one attached hydrogen (secondary N) is 2. The van der Waals surface area contributed by atoms with E-state index in [1.165, 1.54) is 16.2 Å². The van der Waals surface area contributed by atoms with Crippen molar-refractivity contribution in [2.45, 2.75) is 26.0 Å². The molecule has 0 spiro atoms. The van der Waals surface area contributed by atoms with Gasteiger partial charge in [-0.2, -0.15) is 10.1 Å². The minimum Gasteiger partial charge on any atom is -0.491 e. The van der Waals surface area contributed by atoms with Crippen molar-refractivity contribution in [3.63, 3.8) is 0 Å². The van der Waals surface area contributed by atoms with Crippen molar-refractivity contribution in [2.24, 2.45) is 12.1 Å². The monoisotopic (exact) mass is 463 g/mol. The Hall–Kier alpha value is -4.25. The summed E-state index contributed by atoms with van der Waals surface area (Å²) in [6.45, 7) is 2.03. The molecule has 0 saturated carbocycles. The molecule has 11 nitrogen and oxygen atoms in total. The number of hydrogen-bond donors (Lipinski definition) is 3. The molecule has 1 atom stereocenters. The van der Waals surface area contributed by atoms with Crippen LogP contribution in [0.1, 0.15) is 18.1 Å². The smallest absolute Gasteiger partial charge is 0.329 e. The number of anilines is 1. The fraction of sp³-hybridized carbons (Fsp3) is 0.261. The van der Waals surface area contributed by atoms with Crippen LogP contribution in [0, 0.1) is 0 Å². The van der Waals surface area contributed by atoms with Gasteiger partial charge in [-0.1, -0.05) is 25.1 Å². The molecule has 3 N–H and O–H groups in total. The summed E-state index contributed by atoms with van der Waals surface area (Å²) >= 11 is 0. The fourth-order valence-electron chi connectivity index (χ4n) is 3.43. The minimum atomic E-state index is -0.970. The first kappa shape index (κ1) is 22.9. The van der Waals surface area contributed by atoms with Gasteiger partial charge in [0.2, 0.25) is 5.95 Å². The van der Waals surface area contributed by atoms with Crippen molar-refractivity contribution in [3.05, 3.63) is 80.8 Å². The molecule has 4 rings (SSSR count). The number of ether oxygens (including phenoxy) is 1. The van der Waals surface area contributed by atoms with Gasteiger partial charge < -0.3 is 14.4 Å². The predicted molar refractivity (Wildman–Crippen MR) is 128 cm³/mol. The summed E-state index contributed by atoms with van der Waals surface area (Å²) in [5.41, 5.74) is 3.76. The number of H-pyrrole nitrogens is 1. The number of aliphatic hydroxyl groups is 1. The van der Waals surface area contributed by atoms with Gasteiger partial charge in [-0.3, -0.25) is 19.3 Å². The Morgan fingerprint density at radius 3 is 2.91 bits per heavy atom. The van der Waals surface area contributed by atoms with Gasteiger partial charge in [-0.25, -0.2) is 10.2 Å². The van der Waals surface area contributed by atoms with Crippen LogP contribution in [0.2, 0.25) is 0 Å². The minimum absolute atomic E-state index is 0.00506. The lowest BCUT2D eigenvalue weighted by molar-refractivity contribution is 0.0938. The number of aromatic nitrogens is 5. The molecule has 0 aliphatic rings. The zero-order chi connectivity index (χ0) is 24.1. The number of pyridine rings is 1. The number of fused-ring (bicyclic) bond motifs is 1. The summed E-state index contributed by atoms with van der Waals surface area (Å²) in [7, 11) is 1.50. The topological polar surface area (TPSA) is 139 Å². The van der Waals surface area contributed by atoms with Gasteiger partial charge in [0.05, 0.1) is 12.8 Å². The first-order chi connectivity index (χ1) is 16.5. The maximum absolute atomic E-state index is 12.6. The SMILES string of the molecule is CCc1cccc(OCC(O)Cn2c(N/N=C/c3cccnc3)nc3c2c(=O)[nH]c(=O)n3C)c1. The lowest BCUT2D eigenvalue weighted by atomic mass is 10.2. The van der Waals surface area contributed by atoms with Crippen molar-refractivity contribution in [1.82, 2.24) is 24.1 Å². The Balaban J connectivity index is 1.60. The molecule has 3 aromatic heterocycles. The zero-order valence-electron chi connectivity index (χ0n) is 18.8. The third-order valence-corrected chi connectivity index (χ3v) is 5.21. The van der Waals surface area contributed by atoms with E-state index >= 15 is 0 Å². The van der Waals surface area contributed by atoms with E-state index in [1.807, 2.05) is 37.3 Å². The molecule has 3 heterocycles. The number of benzene rings is 1. The van der Waals surface area contributed by atoms with Crippen molar-refractivity contribution >= 4 is 23.3 Å². The number of rotatable bonds is 9. The number of nitrogens with zero attached hydrogens (tertiary/aromatic N) is 5. The van der Waals surface area contributed by atoms with Crippen LogP contribution in [0.4, 0.5) is 5.95 Å². The molecular weight excluding hydrogens is 438 g/mol. The third kappa shape index (κ3) is 5.04. The molecule has 0 aliphatic heterocycles.